The van der Waals surface area contributed by atoms with Gasteiger partial charge in [0, 0.05) is 45.1 Å². The normalized spacial score (nSPS) is 13.9. The van der Waals surface area contributed by atoms with Gasteiger partial charge in [0.05, 0.1) is 30.6 Å². The molecule has 12 heteroatoms. The molecule has 34 heavy (non-hydrogen) atoms. The van der Waals surface area contributed by atoms with Gasteiger partial charge in [0.1, 0.15) is 11.4 Å². The van der Waals surface area contributed by atoms with E-state index in [-0.39, 0.29) is 28.8 Å². The van der Waals surface area contributed by atoms with E-state index in [4.69, 9.17) is 9.47 Å². The summed E-state index contributed by atoms with van der Waals surface area (Å²) in [4.78, 5) is 48.1. The molecule has 0 unspecified atom stereocenters. The van der Waals surface area contributed by atoms with Gasteiger partial charge in [-0.05, 0) is 18.6 Å². The lowest BCUT2D eigenvalue weighted by atomic mass is 9.98. The predicted octanol–water partition coefficient (Wildman–Crippen LogP) is 1.06. The predicted molar refractivity (Wildman–Crippen MR) is 126 cm³/mol. The largest absolute Gasteiger partial charge is 0.477 e. The average Bonchev–Trinajstić information content (AvgIpc) is 3.27. The molecule has 3 aromatic rings. The number of anilines is 1. The van der Waals surface area contributed by atoms with Crippen LogP contribution in [0, 0.1) is 12.8 Å². The zero-order valence-electron chi connectivity index (χ0n) is 19.0. The second-order valence-electron chi connectivity index (χ2n) is 8.08. The van der Waals surface area contributed by atoms with E-state index in [0.29, 0.717) is 48.5 Å². The maximum Gasteiger partial charge on any atom is 0.341 e. The van der Waals surface area contributed by atoms with E-state index in [0.717, 1.165) is 0 Å². The van der Waals surface area contributed by atoms with Crippen molar-refractivity contribution >= 4 is 40.1 Å². The standard InChI is InChI=1S/C22H25N5O6S/c1-12-6-16(26-7-13(8-26)20(29)24-14(10-32-2)11-33-3)25-19-17(12)18(28)15(21(30)31)9-27(19)22-23-4-5-34-22/h4-6,9,13-14H,7-8,10-11H2,1-3H3,(H,24,29)(H,30,31). The van der Waals surface area contributed by atoms with Gasteiger partial charge in [-0.25, -0.2) is 14.8 Å². The number of rotatable bonds is 9. The lowest BCUT2D eigenvalue weighted by molar-refractivity contribution is -0.127. The molecule has 1 fully saturated rings. The minimum Gasteiger partial charge on any atom is -0.477 e. The molecule has 0 radical (unpaired) electrons. The zero-order valence-corrected chi connectivity index (χ0v) is 19.8. The molecule has 2 N–H and O–H groups in total. The Kier molecular flexibility index (Phi) is 6.91. The Morgan fingerprint density at radius 3 is 2.59 bits per heavy atom. The van der Waals surface area contributed by atoms with Crippen LogP contribution in [0.3, 0.4) is 0 Å². The summed E-state index contributed by atoms with van der Waals surface area (Å²) in [6.45, 7) is 3.38. The number of hydrogen-bond donors (Lipinski definition) is 2. The molecular weight excluding hydrogens is 462 g/mol. The lowest BCUT2D eigenvalue weighted by Gasteiger charge is -2.40. The lowest BCUT2D eigenvalue weighted by Crippen LogP contribution is -2.56. The van der Waals surface area contributed by atoms with E-state index >= 15 is 0 Å². The summed E-state index contributed by atoms with van der Waals surface area (Å²) in [5.41, 5.74) is -0.00239. The first-order valence-corrected chi connectivity index (χ1v) is 11.4. The van der Waals surface area contributed by atoms with Gasteiger partial charge in [0.2, 0.25) is 11.3 Å². The number of methoxy groups -OCH3 is 2. The van der Waals surface area contributed by atoms with Crippen LogP contribution in [0.5, 0.6) is 0 Å². The van der Waals surface area contributed by atoms with Crippen LogP contribution in [0.2, 0.25) is 0 Å². The van der Waals surface area contributed by atoms with Crippen molar-refractivity contribution in [2.45, 2.75) is 13.0 Å². The number of aromatic nitrogens is 3. The third-order valence-electron chi connectivity index (χ3n) is 5.66. The molecule has 0 spiro atoms. The molecule has 1 amide bonds. The molecule has 0 aliphatic carbocycles. The SMILES string of the molecule is COCC(COC)NC(=O)C1CN(c2cc(C)c3c(=O)c(C(=O)O)cn(-c4nccs4)c3n2)C1. The summed E-state index contributed by atoms with van der Waals surface area (Å²) in [5.74, 6) is -1.01. The van der Waals surface area contributed by atoms with Crippen LogP contribution in [0.15, 0.2) is 28.6 Å². The van der Waals surface area contributed by atoms with Crippen molar-refractivity contribution in [3.63, 3.8) is 0 Å². The van der Waals surface area contributed by atoms with Gasteiger partial charge >= 0.3 is 5.97 Å². The molecule has 1 aliphatic rings. The van der Waals surface area contributed by atoms with Gasteiger partial charge in [-0.1, -0.05) is 0 Å². The molecule has 0 aromatic carbocycles. The summed E-state index contributed by atoms with van der Waals surface area (Å²) < 4.78 is 11.8. The van der Waals surface area contributed by atoms with E-state index in [9.17, 15) is 19.5 Å². The van der Waals surface area contributed by atoms with Crippen molar-refractivity contribution in [3.8, 4) is 5.13 Å². The molecule has 4 rings (SSSR count). The Balaban J connectivity index is 1.63. The Morgan fingerprint density at radius 2 is 2.00 bits per heavy atom. The number of aromatic carboxylic acids is 1. The number of carbonyl (C=O) groups excluding carboxylic acids is 1. The van der Waals surface area contributed by atoms with Crippen LogP contribution in [-0.4, -0.2) is 78.1 Å². The first-order chi connectivity index (χ1) is 16.3. The number of nitrogens with zero attached hydrogens (tertiary/aromatic N) is 4. The van der Waals surface area contributed by atoms with Crippen molar-refractivity contribution in [3.05, 3.63) is 45.2 Å². The molecule has 0 bridgehead atoms. The van der Waals surface area contributed by atoms with Crippen molar-refractivity contribution < 1.29 is 24.2 Å². The van der Waals surface area contributed by atoms with Crippen LogP contribution >= 0.6 is 11.3 Å². The number of ether oxygens (including phenoxy) is 2. The highest BCUT2D eigenvalue weighted by Crippen LogP contribution is 2.28. The summed E-state index contributed by atoms with van der Waals surface area (Å²) in [5, 5.41) is 15.0. The first-order valence-electron chi connectivity index (χ1n) is 10.6. The van der Waals surface area contributed by atoms with Crippen molar-refractivity contribution in [2.75, 3.05) is 45.4 Å². The number of aryl methyl sites for hydroxylation is 1. The number of amides is 1. The summed E-state index contributed by atoms with van der Waals surface area (Å²) in [6.07, 6.45) is 2.86. The fourth-order valence-electron chi connectivity index (χ4n) is 3.96. The molecular formula is C22H25N5O6S. The summed E-state index contributed by atoms with van der Waals surface area (Å²) >= 11 is 1.30. The van der Waals surface area contributed by atoms with E-state index in [2.05, 4.69) is 15.3 Å². The fourth-order valence-corrected chi connectivity index (χ4v) is 4.57. The average molecular weight is 488 g/mol. The Morgan fingerprint density at radius 1 is 1.29 bits per heavy atom. The maximum absolute atomic E-state index is 12.9. The van der Waals surface area contributed by atoms with Crippen molar-refractivity contribution in [2.24, 2.45) is 5.92 Å². The zero-order chi connectivity index (χ0) is 24.4. The number of pyridine rings is 2. The number of carboxylic acid groups (broad SMARTS) is 1. The Labute approximate surface area is 199 Å². The third-order valence-corrected chi connectivity index (χ3v) is 6.43. The number of thiazole rings is 1. The van der Waals surface area contributed by atoms with Gasteiger partial charge in [-0.2, -0.15) is 0 Å². The van der Waals surface area contributed by atoms with Crippen molar-refractivity contribution in [1.82, 2.24) is 19.9 Å². The molecule has 0 atom stereocenters. The van der Waals surface area contributed by atoms with Gasteiger partial charge in [-0.15, -0.1) is 11.3 Å². The number of carboxylic acids is 1. The minimum atomic E-state index is -1.31. The van der Waals surface area contributed by atoms with Gasteiger partial charge in [0.15, 0.2) is 10.8 Å². The summed E-state index contributed by atoms with van der Waals surface area (Å²) in [7, 11) is 3.14. The Bertz CT molecular complexity index is 1260. The molecule has 180 valence electrons. The van der Waals surface area contributed by atoms with Crippen LogP contribution in [0.1, 0.15) is 15.9 Å². The highest BCUT2D eigenvalue weighted by Gasteiger charge is 2.35. The molecule has 11 nitrogen and oxygen atoms in total. The van der Waals surface area contributed by atoms with E-state index in [1.54, 1.807) is 38.8 Å². The minimum absolute atomic E-state index is 0.0846. The molecule has 1 saturated heterocycles. The molecule has 3 aromatic heterocycles. The summed E-state index contributed by atoms with van der Waals surface area (Å²) in [6, 6.07) is 1.52. The molecule has 0 saturated carbocycles. The molecule has 1 aliphatic heterocycles. The number of hydrogen-bond acceptors (Lipinski definition) is 9. The number of fused-ring (bicyclic) bond motifs is 1. The van der Waals surface area contributed by atoms with Crippen LogP contribution in [0.25, 0.3) is 16.2 Å². The van der Waals surface area contributed by atoms with Crippen molar-refractivity contribution in [1.29, 1.82) is 0 Å². The quantitative estimate of drug-likeness (QED) is 0.454. The van der Waals surface area contributed by atoms with Crippen LogP contribution in [0.4, 0.5) is 5.82 Å². The fraction of sp³-hybridized carbons (Fsp3) is 0.409. The van der Waals surface area contributed by atoms with Gasteiger partial charge in [-0.3, -0.25) is 14.2 Å². The van der Waals surface area contributed by atoms with Crippen LogP contribution < -0.4 is 15.6 Å². The smallest absolute Gasteiger partial charge is 0.341 e. The van der Waals surface area contributed by atoms with Crippen LogP contribution in [-0.2, 0) is 14.3 Å². The second kappa shape index (κ2) is 9.87. The Hall–Kier alpha value is -3.35. The highest BCUT2D eigenvalue weighted by atomic mass is 32.1. The third kappa shape index (κ3) is 4.52. The van der Waals surface area contributed by atoms with E-state index in [1.807, 2.05) is 4.90 Å². The van der Waals surface area contributed by atoms with E-state index in [1.165, 1.54) is 22.1 Å². The number of carbonyl (C=O) groups is 2. The first kappa shape index (κ1) is 23.8. The monoisotopic (exact) mass is 487 g/mol. The topological polar surface area (TPSA) is 136 Å². The highest BCUT2D eigenvalue weighted by molar-refractivity contribution is 7.12. The van der Waals surface area contributed by atoms with E-state index < -0.39 is 11.4 Å². The molecule has 4 heterocycles. The maximum atomic E-state index is 12.9. The second-order valence-corrected chi connectivity index (χ2v) is 8.95. The van der Waals surface area contributed by atoms with Gasteiger partial charge in [0.25, 0.3) is 0 Å². The number of nitrogens with one attached hydrogen (secondary N) is 1. The van der Waals surface area contributed by atoms with Gasteiger partial charge < -0.3 is 24.8 Å².